The summed E-state index contributed by atoms with van der Waals surface area (Å²) in [5, 5.41) is 7.67. The Morgan fingerprint density at radius 3 is 2.93 bits per heavy atom. The van der Waals surface area contributed by atoms with Crippen LogP contribution in [0.1, 0.15) is 6.42 Å². The molecule has 0 saturated carbocycles. The van der Waals surface area contributed by atoms with E-state index in [1.165, 1.54) is 5.69 Å². The maximum Gasteiger partial charge on any atom is 0.180 e. The normalized spacial score (nSPS) is 16.8. The summed E-state index contributed by atoms with van der Waals surface area (Å²) in [6.07, 6.45) is 10.4. The summed E-state index contributed by atoms with van der Waals surface area (Å²) in [7, 11) is 1.90. The van der Waals surface area contributed by atoms with Crippen molar-refractivity contribution in [1.82, 2.24) is 24.1 Å². The monoisotopic (exact) mass is 374 g/mol. The van der Waals surface area contributed by atoms with Crippen LogP contribution in [0.4, 0.5) is 17.2 Å². The maximum atomic E-state index is 6.05. The molecule has 3 aromatic heterocycles. The van der Waals surface area contributed by atoms with Gasteiger partial charge in [0.05, 0.1) is 18.1 Å². The molecule has 3 N–H and O–H groups in total. The van der Waals surface area contributed by atoms with Gasteiger partial charge in [0.1, 0.15) is 0 Å². The third-order valence-corrected chi connectivity index (χ3v) is 5.13. The van der Waals surface area contributed by atoms with Crippen molar-refractivity contribution < 1.29 is 0 Å². The Kier molecular flexibility index (Phi) is 3.98. The lowest BCUT2D eigenvalue weighted by Gasteiger charge is -2.19. The second-order valence-electron chi connectivity index (χ2n) is 7.19. The number of nitrogens with zero attached hydrogens (tertiary/aromatic N) is 6. The van der Waals surface area contributed by atoms with Crippen molar-refractivity contribution in [2.24, 2.45) is 12.8 Å². The minimum Gasteiger partial charge on any atom is -0.370 e. The van der Waals surface area contributed by atoms with Gasteiger partial charge >= 0.3 is 0 Å². The number of nitrogens with one attached hydrogen (secondary N) is 1. The van der Waals surface area contributed by atoms with Gasteiger partial charge in [-0.3, -0.25) is 9.08 Å². The molecule has 8 nitrogen and oxygen atoms in total. The van der Waals surface area contributed by atoms with Gasteiger partial charge in [0.2, 0.25) is 0 Å². The van der Waals surface area contributed by atoms with Gasteiger partial charge in [0, 0.05) is 61.7 Å². The van der Waals surface area contributed by atoms with Gasteiger partial charge in [0.25, 0.3) is 0 Å². The van der Waals surface area contributed by atoms with E-state index in [0.29, 0.717) is 5.82 Å². The van der Waals surface area contributed by atoms with Crippen LogP contribution in [0.15, 0.2) is 55.2 Å². The van der Waals surface area contributed by atoms with Crippen LogP contribution in [0, 0.1) is 0 Å². The third-order valence-electron chi connectivity index (χ3n) is 5.13. The van der Waals surface area contributed by atoms with E-state index in [0.717, 1.165) is 42.1 Å². The molecule has 0 bridgehead atoms. The van der Waals surface area contributed by atoms with E-state index < -0.39 is 0 Å². The summed E-state index contributed by atoms with van der Waals surface area (Å²) >= 11 is 0. The van der Waals surface area contributed by atoms with Crippen molar-refractivity contribution >= 4 is 22.8 Å². The molecule has 0 amide bonds. The lowest BCUT2D eigenvalue weighted by atomic mass is 10.2. The second kappa shape index (κ2) is 6.65. The topological polar surface area (TPSA) is 89.3 Å². The minimum absolute atomic E-state index is 0.253. The Labute approximate surface area is 162 Å². The molecule has 1 saturated heterocycles. The highest BCUT2D eigenvalue weighted by atomic mass is 15.2. The predicted molar refractivity (Wildman–Crippen MR) is 110 cm³/mol. The molecule has 0 aliphatic carbocycles. The van der Waals surface area contributed by atoms with E-state index in [9.17, 15) is 0 Å². The van der Waals surface area contributed by atoms with Crippen LogP contribution in [0.3, 0.4) is 0 Å². The number of benzene rings is 1. The zero-order valence-electron chi connectivity index (χ0n) is 15.7. The number of fused-ring (bicyclic) bond motifs is 1. The smallest absolute Gasteiger partial charge is 0.180 e. The molecule has 8 heteroatoms. The molecule has 0 radical (unpaired) electrons. The van der Waals surface area contributed by atoms with Gasteiger partial charge in [-0.1, -0.05) is 6.07 Å². The quantitative estimate of drug-likeness (QED) is 0.570. The Bertz CT molecular complexity index is 1130. The standard InChI is InChI=1S/C20H22N8/c1-26-12-14(10-24-26)18-11-23-20-19(22-6-8-28(18)20)25-16-3-2-4-17(9-16)27-7-5-15(21)13-27/h2-4,6,8-12,15H,5,7,13,21H2,1H3,(H,22,25)/t15-/m1/s1. The van der Waals surface area contributed by atoms with E-state index in [1.807, 2.05) is 48.4 Å². The lowest BCUT2D eigenvalue weighted by Crippen LogP contribution is -2.26. The first kappa shape index (κ1) is 16.8. The van der Waals surface area contributed by atoms with Crippen molar-refractivity contribution in [3.8, 4) is 11.3 Å². The first-order chi connectivity index (χ1) is 13.7. The number of hydrogen-bond donors (Lipinski definition) is 2. The van der Waals surface area contributed by atoms with Gasteiger partial charge in [0.15, 0.2) is 11.5 Å². The van der Waals surface area contributed by atoms with Crippen molar-refractivity contribution in [3.05, 3.63) is 55.2 Å². The van der Waals surface area contributed by atoms with Crippen molar-refractivity contribution in [2.75, 3.05) is 23.3 Å². The highest BCUT2D eigenvalue weighted by Crippen LogP contribution is 2.27. The van der Waals surface area contributed by atoms with Crippen molar-refractivity contribution in [3.63, 3.8) is 0 Å². The van der Waals surface area contributed by atoms with Crippen LogP contribution < -0.4 is 16.0 Å². The Morgan fingerprint density at radius 2 is 2.14 bits per heavy atom. The van der Waals surface area contributed by atoms with Crippen LogP contribution in [-0.2, 0) is 7.05 Å². The number of rotatable bonds is 4. The highest BCUT2D eigenvalue weighted by molar-refractivity contribution is 5.75. The fourth-order valence-electron chi connectivity index (χ4n) is 3.71. The van der Waals surface area contributed by atoms with Gasteiger partial charge in [-0.05, 0) is 24.6 Å². The molecule has 1 atom stereocenters. The number of aryl methyl sites for hydroxylation is 1. The third kappa shape index (κ3) is 2.97. The Balaban J connectivity index is 1.47. The van der Waals surface area contributed by atoms with E-state index in [2.05, 4.69) is 37.4 Å². The summed E-state index contributed by atoms with van der Waals surface area (Å²) in [5.74, 6) is 0.716. The predicted octanol–water partition coefficient (Wildman–Crippen LogP) is 2.41. The number of anilines is 3. The average Bonchev–Trinajstić information content (AvgIpc) is 3.42. The molecule has 0 spiro atoms. The van der Waals surface area contributed by atoms with Crippen molar-refractivity contribution in [2.45, 2.75) is 12.5 Å². The molecule has 4 heterocycles. The zero-order chi connectivity index (χ0) is 19.1. The van der Waals surface area contributed by atoms with Gasteiger partial charge in [-0.15, -0.1) is 0 Å². The van der Waals surface area contributed by atoms with Crippen LogP contribution in [0.2, 0.25) is 0 Å². The van der Waals surface area contributed by atoms with Gasteiger partial charge < -0.3 is 16.0 Å². The molecular formula is C20H22N8. The van der Waals surface area contributed by atoms with Crippen LogP contribution >= 0.6 is 0 Å². The number of hydrogen-bond acceptors (Lipinski definition) is 6. The second-order valence-corrected chi connectivity index (χ2v) is 7.19. The van der Waals surface area contributed by atoms with E-state index in [4.69, 9.17) is 5.73 Å². The van der Waals surface area contributed by atoms with Crippen molar-refractivity contribution in [1.29, 1.82) is 0 Å². The molecule has 1 aliphatic rings. The number of imidazole rings is 1. The minimum atomic E-state index is 0.253. The summed E-state index contributed by atoms with van der Waals surface area (Å²) < 4.78 is 3.81. The van der Waals surface area contributed by atoms with E-state index >= 15 is 0 Å². The Morgan fingerprint density at radius 1 is 1.21 bits per heavy atom. The maximum absolute atomic E-state index is 6.05. The van der Waals surface area contributed by atoms with E-state index in [1.54, 1.807) is 10.9 Å². The molecule has 5 rings (SSSR count). The zero-order valence-corrected chi connectivity index (χ0v) is 15.7. The highest BCUT2D eigenvalue weighted by Gasteiger charge is 2.19. The van der Waals surface area contributed by atoms with Gasteiger partial charge in [-0.25, -0.2) is 9.97 Å². The summed E-state index contributed by atoms with van der Waals surface area (Å²) in [6.45, 7) is 1.89. The summed E-state index contributed by atoms with van der Waals surface area (Å²) in [4.78, 5) is 11.4. The first-order valence-corrected chi connectivity index (χ1v) is 9.36. The fourth-order valence-corrected chi connectivity index (χ4v) is 3.71. The summed E-state index contributed by atoms with van der Waals surface area (Å²) in [5.41, 5.74) is 11.0. The van der Waals surface area contributed by atoms with Crippen LogP contribution in [0.5, 0.6) is 0 Å². The number of nitrogens with two attached hydrogens (primary N) is 1. The first-order valence-electron chi connectivity index (χ1n) is 9.36. The number of aromatic nitrogens is 5. The molecule has 4 aromatic rings. The molecule has 142 valence electrons. The Hall–Kier alpha value is -3.39. The van der Waals surface area contributed by atoms with E-state index in [-0.39, 0.29) is 6.04 Å². The van der Waals surface area contributed by atoms with Gasteiger partial charge in [-0.2, -0.15) is 5.10 Å². The molecule has 1 aliphatic heterocycles. The average molecular weight is 374 g/mol. The lowest BCUT2D eigenvalue weighted by molar-refractivity contribution is 0.752. The van der Waals surface area contributed by atoms with Crippen LogP contribution in [0.25, 0.3) is 16.9 Å². The molecule has 1 aromatic carbocycles. The fraction of sp³-hybridized carbons (Fsp3) is 0.250. The summed E-state index contributed by atoms with van der Waals surface area (Å²) in [6, 6.07) is 8.59. The molecule has 0 unspecified atom stereocenters. The SMILES string of the molecule is Cn1cc(-c2cnc3c(Nc4cccc(N5CC[C@@H](N)C5)c4)nccn23)cn1. The molecule has 28 heavy (non-hydrogen) atoms. The molecular weight excluding hydrogens is 352 g/mol. The van der Waals surface area contributed by atoms with Crippen LogP contribution in [-0.4, -0.2) is 43.3 Å². The molecule has 1 fully saturated rings. The largest absolute Gasteiger partial charge is 0.370 e.